The molecule has 1 unspecified atom stereocenters. The number of ether oxygens (including phenoxy) is 1. The van der Waals surface area contributed by atoms with Crippen molar-refractivity contribution in [2.24, 2.45) is 5.73 Å². The molecule has 0 aromatic heterocycles. The molecule has 0 aliphatic carbocycles. The molecule has 0 spiro atoms. The monoisotopic (exact) mass is 297 g/mol. The van der Waals surface area contributed by atoms with Gasteiger partial charge in [0.25, 0.3) is 0 Å². The Morgan fingerprint density at radius 3 is 2.38 bits per heavy atom. The molecule has 0 aliphatic rings. The standard InChI is InChI=1S/C10H11BrF3NO/c1-5-3-8(16-2)6(4-7(5)11)9(15)10(12,13)14/h3-4,9H,15H2,1-2H3. The summed E-state index contributed by atoms with van der Waals surface area (Å²) in [7, 11) is 1.31. The smallest absolute Gasteiger partial charge is 0.407 e. The molecule has 1 rings (SSSR count). The van der Waals surface area contributed by atoms with Crippen molar-refractivity contribution in [3.63, 3.8) is 0 Å². The topological polar surface area (TPSA) is 35.2 Å². The van der Waals surface area contributed by atoms with Gasteiger partial charge in [0.15, 0.2) is 0 Å². The summed E-state index contributed by atoms with van der Waals surface area (Å²) in [6.07, 6.45) is -4.48. The average Bonchev–Trinajstić information content (AvgIpc) is 2.19. The van der Waals surface area contributed by atoms with Crippen molar-refractivity contribution >= 4 is 15.9 Å². The van der Waals surface area contributed by atoms with Crippen LogP contribution in [0.25, 0.3) is 0 Å². The maximum atomic E-state index is 12.5. The number of halogens is 4. The molecule has 2 nitrogen and oxygen atoms in total. The predicted octanol–water partition coefficient (Wildman–Crippen LogP) is 3.33. The van der Waals surface area contributed by atoms with Crippen LogP contribution < -0.4 is 10.5 Å². The molecule has 1 aromatic rings. The Morgan fingerprint density at radius 1 is 1.38 bits per heavy atom. The minimum absolute atomic E-state index is 0.0764. The second-order valence-electron chi connectivity index (χ2n) is 3.36. The van der Waals surface area contributed by atoms with Gasteiger partial charge >= 0.3 is 6.18 Å². The number of benzene rings is 1. The van der Waals surface area contributed by atoms with Crippen LogP contribution in [0, 0.1) is 6.92 Å². The summed E-state index contributed by atoms with van der Waals surface area (Å²) < 4.78 is 42.9. The number of aryl methyl sites for hydroxylation is 1. The average molecular weight is 298 g/mol. The molecule has 0 saturated heterocycles. The number of nitrogens with two attached hydrogens (primary N) is 1. The molecular formula is C10H11BrF3NO. The molecule has 0 radical (unpaired) electrons. The van der Waals surface area contributed by atoms with Crippen molar-refractivity contribution in [2.75, 3.05) is 7.11 Å². The van der Waals surface area contributed by atoms with Gasteiger partial charge in [0, 0.05) is 10.0 Å². The Balaban J connectivity index is 3.27. The second kappa shape index (κ2) is 4.63. The summed E-state index contributed by atoms with van der Waals surface area (Å²) >= 11 is 3.17. The van der Waals surface area contributed by atoms with Crippen LogP contribution in [-0.2, 0) is 0 Å². The van der Waals surface area contributed by atoms with E-state index in [9.17, 15) is 13.2 Å². The summed E-state index contributed by atoms with van der Waals surface area (Å²) in [5.74, 6) is 0.144. The van der Waals surface area contributed by atoms with E-state index >= 15 is 0 Å². The fourth-order valence-electron chi connectivity index (χ4n) is 1.27. The van der Waals surface area contributed by atoms with Crippen molar-refractivity contribution in [3.8, 4) is 5.75 Å². The highest BCUT2D eigenvalue weighted by atomic mass is 79.9. The van der Waals surface area contributed by atoms with E-state index in [0.29, 0.717) is 4.47 Å². The lowest BCUT2D eigenvalue weighted by Crippen LogP contribution is -2.28. The first kappa shape index (κ1) is 13.3. The van der Waals surface area contributed by atoms with Crippen LogP contribution in [-0.4, -0.2) is 13.3 Å². The van der Waals surface area contributed by atoms with Crippen LogP contribution >= 0.6 is 15.9 Å². The number of methoxy groups -OCH3 is 1. The zero-order valence-corrected chi connectivity index (χ0v) is 10.3. The van der Waals surface area contributed by atoms with E-state index in [2.05, 4.69) is 15.9 Å². The molecule has 16 heavy (non-hydrogen) atoms. The molecule has 90 valence electrons. The highest BCUT2D eigenvalue weighted by Crippen LogP contribution is 2.37. The normalized spacial score (nSPS) is 13.7. The minimum Gasteiger partial charge on any atom is -0.496 e. The van der Waals surface area contributed by atoms with Gasteiger partial charge in [0.1, 0.15) is 11.8 Å². The Labute approximate surface area is 99.7 Å². The molecule has 0 aliphatic heterocycles. The third-order valence-electron chi connectivity index (χ3n) is 2.20. The number of alkyl halides is 3. The number of hydrogen-bond acceptors (Lipinski definition) is 2. The summed E-state index contributed by atoms with van der Waals surface area (Å²) in [4.78, 5) is 0. The Morgan fingerprint density at radius 2 is 1.94 bits per heavy atom. The number of rotatable bonds is 2. The lowest BCUT2D eigenvalue weighted by molar-refractivity contribution is -0.149. The maximum absolute atomic E-state index is 12.5. The van der Waals surface area contributed by atoms with Gasteiger partial charge < -0.3 is 10.5 Å². The summed E-state index contributed by atoms with van der Waals surface area (Å²) in [6.45, 7) is 1.76. The van der Waals surface area contributed by atoms with Gasteiger partial charge in [-0.05, 0) is 24.6 Å². The van der Waals surface area contributed by atoms with Gasteiger partial charge in [-0.3, -0.25) is 0 Å². The van der Waals surface area contributed by atoms with Crippen LogP contribution in [0.5, 0.6) is 5.75 Å². The summed E-state index contributed by atoms with van der Waals surface area (Å²) in [5, 5.41) is 0. The van der Waals surface area contributed by atoms with E-state index in [4.69, 9.17) is 10.5 Å². The predicted molar refractivity (Wildman–Crippen MR) is 58.4 cm³/mol. The van der Waals surface area contributed by atoms with Crippen LogP contribution in [0.15, 0.2) is 16.6 Å². The molecule has 1 atom stereocenters. The lowest BCUT2D eigenvalue weighted by atomic mass is 10.0. The Hall–Kier alpha value is -0.750. The highest BCUT2D eigenvalue weighted by molar-refractivity contribution is 9.10. The fraction of sp³-hybridized carbons (Fsp3) is 0.400. The Bertz CT molecular complexity index is 392. The van der Waals surface area contributed by atoms with E-state index in [1.165, 1.54) is 19.2 Å². The molecule has 2 N–H and O–H groups in total. The van der Waals surface area contributed by atoms with Gasteiger partial charge in [0.2, 0.25) is 0 Å². The van der Waals surface area contributed by atoms with Gasteiger partial charge in [0.05, 0.1) is 7.11 Å². The molecule has 0 fully saturated rings. The van der Waals surface area contributed by atoms with Crippen LogP contribution in [0.1, 0.15) is 17.2 Å². The highest BCUT2D eigenvalue weighted by Gasteiger charge is 2.39. The van der Waals surface area contributed by atoms with Crippen LogP contribution in [0.2, 0.25) is 0 Å². The molecule has 0 heterocycles. The van der Waals surface area contributed by atoms with Crippen molar-refractivity contribution in [3.05, 3.63) is 27.7 Å². The fourth-order valence-corrected chi connectivity index (χ4v) is 1.63. The van der Waals surface area contributed by atoms with E-state index in [0.717, 1.165) is 5.56 Å². The van der Waals surface area contributed by atoms with Crippen LogP contribution in [0.3, 0.4) is 0 Å². The van der Waals surface area contributed by atoms with Gasteiger partial charge in [-0.15, -0.1) is 0 Å². The first-order valence-corrected chi connectivity index (χ1v) is 5.23. The van der Waals surface area contributed by atoms with Crippen LogP contribution in [0.4, 0.5) is 13.2 Å². The SMILES string of the molecule is COc1cc(C)c(Br)cc1C(N)C(F)(F)F. The van der Waals surface area contributed by atoms with Gasteiger partial charge in [-0.25, -0.2) is 0 Å². The molecule has 0 amide bonds. The Kier molecular flexibility index (Phi) is 3.85. The molecule has 1 aromatic carbocycles. The van der Waals surface area contributed by atoms with Crippen molar-refractivity contribution in [1.29, 1.82) is 0 Å². The first-order valence-electron chi connectivity index (χ1n) is 4.43. The van der Waals surface area contributed by atoms with Crippen molar-refractivity contribution in [1.82, 2.24) is 0 Å². The summed E-state index contributed by atoms with van der Waals surface area (Å²) in [5.41, 5.74) is 5.85. The van der Waals surface area contributed by atoms with E-state index in [1.807, 2.05) is 0 Å². The van der Waals surface area contributed by atoms with Gasteiger partial charge in [-0.1, -0.05) is 15.9 Å². The van der Waals surface area contributed by atoms with Gasteiger partial charge in [-0.2, -0.15) is 13.2 Å². The molecule has 0 saturated carbocycles. The van der Waals surface area contributed by atoms with Crippen molar-refractivity contribution in [2.45, 2.75) is 19.1 Å². The largest absolute Gasteiger partial charge is 0.496 e. The second-order valence-corrected chi connectivity index (χ2v) is 4.22. The van der Waals surface area contributed by atoms with E-state index in [1.54, 1.807) is 6.92 Å². The minimum atomic E-state index is -4.48. The zero-order chi connectivity index (χ0) is 12.5. The maximum Gasteiger partial charge on any atom is 0.407 e. The zero-order valence-electron chi connectivity index (χ0n) is 8.73. The molecule has 6 heteroatoms. The number of hydrogen-bond donors (Lipinski definition) is 1. The lowest BCUT2D eigenvalue weighted by Gasteiger charge is -2.19. The van der Waals surface area contributed by atoms with E-state index in [-0.39, 0.29) is 11.3 Å². The molecular weight excluding hydrogens is 287 g/mol. The quantitative estimate of drug-likeness (QED) is 0.909. The molecule has 0 bridgehead atoms. The summed E-state index contributed by atoms with van der Waals surface area (Å²) in [6, 6.07) is 0.816. The third kappa shape index (κ3) is 2.68. The van der Waals surface area contributed by atoms with Crippen molar-refractivity contribution < 1.29 is 17.9 Å². The first-order chi connectivity index (χ1) is 7.27. The van der Waals surface area contributed by atoms with E-state index < -0.39 is 12.2 Å². The third-order valence-corrected chi connectivity index (χ3v) is 3.05.